The number of halogens is 1. The van der Waals surface area contributed by atoms with E-state index < -0.39 is 0 Å². The summed E-state index contributed by atoms with van der Waals surface area (Å²) in [4.78, 5) is 30.0. The maximum atomic E-state index is 12.5. The van der Waals surface area contributed by atoms with Crippen molar-refractivity contribution < 1.29 is 9.59 Å². The van der Waals surface area contributed by atoms with Crippen LogP contribution in [0.4, 0.5) is 0 Å². The molecule has 6 heteroatoms. The molecule has 26 heavy (non-hydrogen) atoms. The zero-order valence-corrected chi connectivity index (χ0v) is 16.7. The van der Waals surface area contributed by atoms with Gasteiger partial charge in [0.1, 0.15) is 0 Å². The number of carbonyl (C=O) groups is 2. The van der Waals surface area contributed by atoms with Crippen LogP contribution in [0, 0.1) is 5.92 Å². The molecule has 2 heterocycles. The van der Waals surface area contributed by atoms with Gasteiger partial charge in [-0.15, -0.1) is 11.8 Å². The van der Waals surface area contributed by atoms with Gasteiger partial charge in [0.05, 0.1) is 0 Å². The highest BCUT2D eigenvalue weighted by Gasteiger charge is 2.30. The SMILES string of the molecule is O=C(CCCSc1ccc(Cl)cc1)N1CCC(C(=O)N2CCCC2)CC1. The number of thioether (sulfide) groups is 1. The Kier molecular flexibility index (Phi) is 7.26. The molecule has 0 saturated carbocycles. The average Bonchev–Trinajstić information content (AvgIpc) is 3.21. The van der Waals surface area contributed by atoms with Gasteiger partial charge >= 0.3 is 0 Å². The Hall–Kier alpha value is -1.20. The van der Waals surface area contributed by atoms with Crippen LogP contribution in [-0.4, -0.2) is 53.5 Å². The minimum Gasteiger partial charge on any atom is -0.343 e. The summed E-state index contributed by atoms with van der Waals surface area (Å²) in [6, 6.07) is 7.80. The van der Waals surface area contributed by atoms with E-state index in [1.807, 2.05) is 34.1 Å². The molecular formula is C20H27ClN2O2S. The number of carbonyl (C=O) groups excluding carboxylic acids is 2. The highest BCUT2D eigenvalue weighted by atomic mass is 35.5. The molecule has 1 aromatic carbocycles. The summed E-state index contributed by atoms with van der Waals surface area (Å²) in [5.41, 5.74) is 0. The number of hydrogen-bond donors (Lipinski definition) is 0. The normalized spacial score (nSPS) is 18.3. The molecule has 0 aliphatic carbocycles. The van der Waals surface area contributed by atoms with E-state index in [2.05, 4.69) is 0 Å². The maximum absolute atomic E-state index is 12.5. The van der Waals surface area contributed by atoms with Crippen LogP contribution < -0.4 is 0 Å². The van der Waals surface area contributed by atoms with Gasteiger partial charge < -0.3 is 9.80 Å². The molecule has 2 aliphatic rings. The van der Waals surface area contributed by atoms with Gasteiger partial charge in [-0.1, -0.05) is 11.6 Å². The van der Waals surface area contributed by atoms with Crippen LogP contribution in [0.2, 0.25) is 5.02 Å². The topological polar surface area (TPSA) is 40.6 Å². The standard InChI is InChI=1S/C20H27ClN2O2S/c21-17-5-7-18(8-6-17)26-15-3-4-19(24)22-13-9-16(10-14-22)20(25)23-11-1-2-12-23/h5-8,16H,1-4,9-15H2. The first-order chi connectivity index (χ1) is 12.6. The number of piperidine rings is 1. The van der Waals surface area contributed by atoms with Crippen molar-refractivity contribution >= 4 is 35.2 Å². The van der Waals surface area contributed by atoms with Crippen LogP contribution in [0.1, 0.15) is 38.5 Å². The van der Waals surface area contributed by atoms with Crippen molar-refractivity contribution in [3.05, 3.63) is 29.3 Å². The predicted molar refractivity (Wildman–Crippen MR) is 107 cm³/mol. The Bertz CT molecular complexity index is 609. The summed E-state index contributed by atoms with van der Waals surface area (Å²) in [5, 5.41) is 0.746. The van der Waals surface area contributed by atoms with E-state index in [9.17, 15) is 9.59 Å². The lowest BCUT2D eigenvalue weighted by Gasteiger charge is -2.33. The monoisotopic (exact) mass is 394 g/mol. The molecule has 4 nitrogen and oxygen atoms in total. The van der Waals surface area contributed by atoms with E-state index in [0.29, 0.717) is 12.3 Å². The summed E-state index contributed by atoms with van der Waals surface area (Å²) in [5.74, 6) is 1.59. The third kappa shape index (κ3) is 5.40. The lowest BCUT2D eigenvalue weighted by Crippen LogP contribution is -2.43. The van der Waals surface area contributed by atoms with E-state index in [0.717, 1.165) is 69.1 Å². The molecule has 2 amide bonds. The third-order valence-corrected chi connectivity index (χ3v) is 6.58. The quantitative estimate of drug-likeness (QED) is 0.539. The first-order valence-corrected chi connectivity index (χ1v) is 10.9. The molecule has 0 N–H and O–H groups in total. The summed E-state index contributed by atoms with van der Waals surface area (Å²) < 4.78 is 0. The van der Waals surface area contributed by atoms with Crippen LogP contribution in [0.25, 0.3) is 0 Å². The molecule has 1 aromatic rings. The minimum atomic E-state index is 0.123. The second-order valence-electron chi connectivity index (χ2n) is 7.09. The van der Waals surface area contributed by atoms with Crippen molar-refractivity contribution in [3.63, 3.8) is 0 Å². The van der Waals surface area contributed by atoms with Gasteiger partial charge in [0, 0.05) is 48.4 Å². The molecule has 0 unspecified atom stereocenters. The van der Waals surface area contributed by atoms with Crippen LogP contribution in [0.15, 0.2) is 29.2 Å². The Labute approximate surface area is 165 Å². The number of benzene rings is 1. The highest BCUT2D eigenvalue weighted by Crippen LogP contribution is 2.24. The fraction of sp³-hybridized carbons (Fsp3) is 0.600. The van der Waals surface area contributed by atoms with E-state index in [1.54, 1.807) is 11.8 Å². The summed E-state index contributed by atoms with van der Waals surface area (Å²) in [7, 11) is 0. The third-order valence-electron chi connectivity index (χ3n) is 5.23. The molecular weight excluding hydrogens is 368 g/mol. The van der Waals surface area contributed by atoms with Crippen molar-refractivity contribution in [1.82, 2.24) is 9.80 Å². The number of amides is 2. The second kappa shape index (κ2) is 9.65. The number of likely N-dealkylation sites (tertiary alicyclic amines) is 2. The molecule has 3 rings (SSSR count). The Morgan fingerprint density at radius 2 is 1.65 bits per heavy atom. The first kappa shape index (κ1) is 19.6. The van der Waals surface area contributed by atoms with Gasteiger partial charge in [-0.3, -0.25) is 9.59 Å². The fourth-order valence-electron chi connectivity index (χ4n) is 3.67. The minimum absolute atomic E-state index is 0.123. The molecule has 0 atom stereocenters. The summed E-state index contributed by atoms with van der Waals surface area (Å²) in [6.45, 7) is 3.30. The Morgan fingerprint density at radius 1 is 1.00 bits per heavy atom. The van der Waals surface area contributed by atoms with Crippen LogP contribution in [-0.2, 0) is 9.59 Å². The van der Waals surface area contributed by atoms with Crippen molar-refractivity contribution in [2.24, 2.45) is 5.92 Å². The van der Waals surface area contributed by atoms with Gasteiger partial charge in [0.15, 0.2) is 0 Å². The van der Waals surface area contributed by atoms with Gasteiger partial charge in [-0.05, 0) is 62.1 Å². The molecule has 2 fully saturated rings. The van der Waals surface area contributed by atoms with Crippen LogP contribution in [0.5, 0.6) is 0 Å². The van der Waals surface area contributed by atoms with Crippen molar-refractivity contribution in [2.75, 3.05) is 31.9 Å². The fourth-order valence-corrected chi connectivity index (χ4v) is 4.65. The Morgan fingerprint density at radius 3 is 2.31 bits per heavy atom. The second-order valence-corrected chi connectivity index (χ2v) is 8.70. The molecule has 0 bridgehead atoms. The lowest BCUT2D eigenvalue weighted by molar-refractivity contribution is -0.140. The smallest absolute Gasteiger partial charge is 0.225 e. The molecule has 142 valence electrons. The first-order valence-electron chi connectivity index (χ1n) is 9.58. The van der Waals surface area contributed by atoms with Crippen molar-refractivity contribution in [1.29, 1.82) is 0 Å². The molecule has 2 aliphatic heterocycles. The lowest BCUT2D eigenvalue weighted by atomic mass is 9.95. The highest BCUT2D eigenvalue weighted by molar-refractivity contribution is 7.99. The van der Waals surface area contributed by atoms with Gasteiger partial charge in [0.2, 0.25) is 11.8 Å². The number of rotatable bonds is 6. The van der Waals surface area contributed by atoms with Crippen LogP contribution >= 0.6 is 23.4 Å². The van der Waals surface area contributed by atoms with E-state index in [1.165, 1.54) is 4.90 Å². The van der Waals surface area contributed by atoms with E-state index in [4.69, 9.17) is 11.6 Å². The summed E-state index contributed by atoms with van der Waals surface area (Å²) >= 11 is 7.64. The Balaban J connectivity index is 1.33. The maximum Gasteiger partial charge on any atom is 0.225 e. The number of nitrogens with zero attached hydrogens (tertiary/aromatic N) is 2. The van der Waals surface area contributed by atoms with Crippen molar-refractivity contribution in [2.45, 2.75) is 43.4 Å². The average molecular weight is 395 g/mol. The van der Waals surface area contributed by atoms with Crippen LogP contribution in [0.3, 0.4) is 0 Å². The zero-order valence-electron chi connectivity index (χ0n) is 15.2. The van der Waals surface area contributed by atoms with Gasteiger partial charge in [-0.2, -0.15) is 0 Å². The molecule has 0 aromatic heterocycles. The molecule has 0 spiro atoms. The van der Waals surface area contributed by atoms with Gasteiger partial charge in [0.25, 0.3) is 0 Å². The summed E-state index contributed by atoms with van der Waals surface area (Å²) in [6.07, 6.45) is 5.37. The van der Waals surface area contributed by atoms with Gasteiger partial charge in [-0.25, -0.2) is 0 Å². The predicted octanol–water partition coefficient (Wildman–Crippen LogP) is 4.07. The number of hydrogen-bond acceptors (Lipinski definition) is 3. The largest absolute Gasteiger partial charge is 0.343 e. The van der Waals surface area contributed by atoms with E-state index >= 15 is 0 Å². The molecule has 2 saturated heterocycles. The molecule has 0 radical (unpaired) electrons. The van der Waals surface area contributed by atoms with E-state index in [-0.39, 0.29) is 11.8 Å². The van der Waals surface area contributed by atoms with Crippen molar-refractivity contribution in [3.8, 4) is 0 Å². The zero-order chi connectivity index (χ0) is 18.4.